The van der Waals surface area contributed by atoms with Crippen molar-refractivity contribution in [3.05, 3.63) is 39.4 Å². The molecule has 0 fully saturated rings. The predicted octanol–water partition coefficient (Wildman–Crippen LogP) is 0.916. The molecule has 6 nitrogen and oxygen atoms in total. The summed E-state index contributed by atoms with van der Waals surface area (Å²) in [6.45, 7) is -0.269. The lowest BCUT2D eigenvalue weighted by Gasteiger charge is -2.06. The van der Waals surface area contributed by atoms with Crippen molar-refractivity contribution in [2.24, 2.45) is 0 Å². The zero-order valence-corrected chi connectivity index (χ0v) is 8.67. The van der Waals surface area contributed by atoms with E-state index in [2.05, 4.69) is 4.74 Å². The Labute approximate surface area is 91.6 Å². The van der Waals surface area contributed by atoms with Crippen LogP contribution < -0.4 is 0 Å². The minimum atomic E-state index is -0.646. The summed E-state index contributed by atoms with van der Waals surface area (Å²) in [6.07, 6.45) is 0.0432. The maximum Gasteiger partial charge on any atom is 0.338 e. The molecule has 0 spiro atoms. The number of carbonyl (C=O) groups excluding carboxylic acids is 1. The van der Waals surface area contributed by atoms with E-state index < -0.39 is 10.9 Å². The smallest absolute Gasteiger partial charge is 0.338 e. The van der Waals surface area contributed by atoms with E-state index in [0.717, 1.165) is 0 Å². The number of nitro groups is 1. The van der Waals surface area contributed by atoms with Crippen LogP contribution in [0.5, 0.6) is 0 Å². The van der Waals surface area contributed by atoms with Gasteiger partial charge in [0.25, 0.3) is 5.69 Å². The number of nitrogens with zero attached hydrogens (tertiary/aromatic N) is 1. The van der Waals surface area contributed by atoms with Crippen molar-refractivity contribution in [3.63, 3.8) is 0 Å². The Bertz CT molecular complexity index is 416. The number of aliphatic hydroxyl groups excluding tert-OH is 1. The third kappa shape index (κ3) is 2.34. The first kappa shape index (κ1) is 12.1. The molecule has 6 heteroatoms. The van der Waals surface area contributed by atoms with Gasteiger partial charge < -0.3 is 9.84 Å². The molecule has 16 heavy (non-hydrogen) atoms. The number of hydrogen-bond donors (Lipinski definition) is 1. The minimum absolute atomic E-state index is 0.0432. The molecule has 1 aromatic rings. The largest absolute Gasteiger partial charge is 0.465 e. The van der Waals surface area contributed by atoms with E-state index in [1.807, 2.05) is 0 Å². The van der Waals surface area contributed by atoms with Crippen molar-refractivity contribution in [2.45, 2.75) is 6.42 Å². The minimum Gasteiger partial charge on any atom is -0.465 e. The van der Waals surface area contributed by atoms with Crippen LogP contribution in [0.25, 0.3) is 0 Å². The second kappa shape index (κ2) is 5.22. The second-order valence-electron chi connectivity index (χ2n) is 3.03. The van der Waals surface area contributed by atoms with Crippen LogP contribution in [0.15, 0.2) is 18.2 Å². The lowest BCUT2D eigenvalue weighted by atomic mass is 10.0. The topological polar surface area (TPSA) is 89.7 Å². The number of hydrogen-bond acceptors (Lipinski definition) is 5. The zero-order chi connectivity index (χ0) is 12.1. The molecule has 1 N–H and O–H groups in total. The Morgan fingerprint density at radius 3 is 2.75 bits per heavy atom. The summed E-state index contributed by atoms with van der Waals surface area (Å²) < 4.78 is 4.51. The van der Waals surface area contributed by atoms with E-state index in [9.17, 15) is 14.9 Å². The molecular weight excluding hydrogens is 214 g/mol. The van der Waals surface area contributed by atoms with Crippen molar-refractivity contribution in [2.75, 3.05) is 13.7 Å². The van der Waals surface area contributed by atoms with Gasteiger partial charge >= 0.3 is 5.97 Å². The molecule has 0 bridgehead atoms. The van der Waals surface area contributed by atoms with Gasteiger partial charge in [0.05, 0.1) is 17.6 Å². The van der Waals surface area contributed by atoms with Gasteiger partial charge in [0.1, 0.15) is 0 Å². The normalized spacial score (nSPS) is 9.88. The molecule has 0 amide bonds. The first-order valence-corrected chi connectivity index (χ1v) is 4.57. The van der Waals surface area contributed by atoms with Crippen LogP contribution in [-0.2, 0) is 11.2 Å². The zero-order valence-electron chi connectivity index (χ0n) is 8.67. The number of ether oxygens (including phenoxy) is 1. The Morgan fingerprint density at radius 2 is 2.25 bits per heavy atom. The van der Waals surface area contributed by atoms with Gasteiger partial charge in [-0.1, -0.05) is 6.07 Å². The molecular formula is C10H11NO5. The molecule has 0 heterocycles. The van der Waals surface area contributed by atoms with E-state index in [-0.39, 0.29) is 29.8 Å². The monoisotopic (exact) mass is 225 g/mol. The highest BCUT2D eigenvalue weighted by molar-refractivity contribution is 5.92. The average molecular weight is 225 g/mol. The predicted molar refractivity (Wildman–Crippen MR) is 55.2 cm³/mol. The van der Waals surface area contributed by atoms with Crippen LogP contribution in [0.1, 0.15) is 15.9 Å². The third-order valence-corrected chi connectivity index (χ3v) is 2.12. The number of rotatable bonds is 4. The Hall–Kier alpha value is -1.95. The Kier molecular flexibility index (Phi) is 3.96. The Morgan fingerprint density at radius 1 is 1.56 bits per heavy atom. The second-order valence-corrected chi connectivity index (χ2v) is 3.03. The van der Waals surface area contributed by atoms with Crippen LogP contribution in [0, 0.1) is 10.1 Å². The van der Waals surface area contributed by atoms with Crippen LogP contribution in [0.4, 0.5) is 5.69 Å². The standard InChI is InChI=1S/C10H11NO5/c1-16-10(13)8-3-2-4-9(11(14)15)7(8)5-6-12/h2-4,12H,5-6H2,1H3. The fourth-order valence-corrected chi connectivity index (χ4v) is 1.42. The SMILES string of the molecule is COC(=O)c1cccc([N+](=O)[O-])c1CCO. The molecule has 0 saturated carbocycles. The van der Waals surface area contributed by atoms with Gasteiger partial charge in [-0.3, -0.25) is 10.1 Å². The lowest BCUT2D eigenvalue weighted by Crippen LogP contribution is -2.09. The van der Waals surface area contributed by atoms with Crippen molar-refractivity contribution >= 4 is 11.7 Å². The summed E-state index contributed by atoms with van der Waals surface area (Å²) in [4.78, 5) is 21.5. The first-order chi connectivity index (χ1) is 7.61. The van der Waals surface area contributed by atoms with E-state index in [0.29, 0.717) is 0 Å². The molecule has 0 aromatic heterocycles. The molecule has 0 unspecified atom stereocenters. The lowest BCUT2D eigenvalue weighted by molar-refractivity contribution is -0.385. The van der Waals surface area contributed by atoms with Crippen LogP contribution >= 0.6 is 0 Å². The summed E-state index contributed by atoms with van der Waals surface area (Å²) in [5.74, 6) is -0.646. The number of nitro benzene ring substituents is 1. The summed E-state index contributed by atoms with van der Waals surface area (Å²) in [5, 5.41) is 19.6. The Balaban J connectivity index is 3.32. The van der Waals surface area contributed by atoms with Gasteiger partial charge in [-0.2, -0.15) is 0 Å². The fraction of sp³-hybridized carbons (Fsp3) is 0.300. The average Bonchev–Trinajstić information content (AvgIpc) is 2.28. The van der Waals surface area contributed by atoms with Gasteiger partial charge in [-0.15, -0.1) is 0 Å². The summed E-state index contributed by atoms with van der Waals surface area (Å²) in [6, 6.07) is 4.13. The van der Waals surface area contributed by atoms with Gasteiger partial charge in [0.15, 0.2) is 0 Å². The van der Waals surface area contributed by atoms with E-state index in [1.165, 1.54) is 25.3 Å². The molecule has 0 aliphatic heterocycles. The maximum absolute atomic E-state index is 11.4. The molecule has 0 saturated heterocycles. The third-order valence-electron chi connectivity index (χ3n) is 2.12. The van der Waals surface area contributed by atoms with Gasteiger partial charge in [-0.05, 0) is 6.07 Å². The van der Waals surface area contributed by atoms with Crippen LogP contribution in [0.2, 0.25) is 0 Å². The highest BCUT2D eigenvalue weighted by atomic mass is 16.6. The highest BCUT2D eigenvalue weighted by Gasteiger charge is 2.21. The number of esters is 1. The molecule has 0 radical (unpaired) electrons. The molecule has 0 atom stereocenters. The highest BCUT2D eigenvalue weighted by Crippen LogP contribution is 2.23. The fourth-order valence-electron chi connectivity index (χ4n) is 1.42. The maximum atomic E-state index is 11.4. The van der Waals surface area contributed by atoms with Crippen molar-refractivity contribution in [1.29, 1.82) is 0 Å². The molecule has 86 valence electrons. The molecule has 1 aromatic carbocycles. The van der Waals surface area contributed by atoms with Crippen molar-refractivity contribution in [1.82, 2.24) is 0 Å². The molecule has 1 rings (SSSR count). The molecule has 0 aliphatic carbocycles. The van der Waals surface area contributed by atoms with Crippen LogP contribution in [0.3, 0.4) is 0 Å². The van der Waals surface area contributed by atoms with Crippen molar-refractivity contribution in [3.8, 4) is 0 Å². The quantitative estimate of drug-likeness (QED) is 0.467. The summed E-state index contributed by atoms with van der Waals surface area (Å²) in [5.41, 5.74) is 0.129. The van der Waals surface area contributed by atoms with Crippen LogP contribution in [-0.4, -0.2) is 29.7 Å². The van der Waals surface area contributed by atoms with E-state index >= 15 is 0 Å². The van der Waals surface area contributed by atoms with Gasteiger partial charge in [0.2, 0.25) is 0 Å². The van der Waals surface area contributed by atoms with Crippen molar-refractivity contribution < 1.29 is 19.6 Å². The molecule has 0 aliphatic rings. The van der Waals surface area contributed by atoms with E-state index in [4.69, 9.17) is 5.11 Å². The van der Waals surface area contributed by atoms with Gasteiger partial charge in [0, 0.05) is 24.7 Å². The number of aliphatic hydroxyl groups is 1. The van der Waals surface area contributed by atoms with Gasteiger partial charge in [-0.25, -0.2) is 4.79 Å². The summed E-state index contributed by atoms with van der Waals surface area (Å²) >= 11 is 0. The number of methoxy groups -OCH3 is 1. The first-order valence-electron chi connectivity index (χ1n) is 4.57. The number of carbonyl (C=O) groups is 1. The summed E-state index contributed by atoms with van der Waals surface area (Å²) in [7, 11) is 1.20. The number of benzene rings is 1. The van der Waals surface area contributed by atoms with E-state index in [1.54, 1.807) is 0 Å².